The summed E-state index contributed by atoms with van der Waals surface area (Å²) in [5.74, 6) is 0.496. The minimum Gasteiger partial charge on any atom is -0.385 e. The predicted octanol–water partition coefficient (Wildman–Crippen LogP) is 2.20. The van der Waals surface area contributed by atoms with Gasteiger partial charge in [-0.1, -0.05) is 0 Å². The third-order valence-electron chi connectivity index (χ3n) is 4.11. The second-order valence-corrected chi connectivity index (χ2v) is 5.70. The van der Waals surface area contributed by atoms with Gasteiger partial charge in [0.15, 0.2) is 0 Å². The fourth-order valence-electron chi connectivity index (χ4n) is 2.92. The van der Waals surface area contributed by atoms with E-state index in [1.54, 1.807) is 0 Å². The Bertz CT molecular complexity index is 481. The Morgan fingerprint density at radius 2 is 2.35 bits per heavy atom. The third kappa shape index (κ3) is 3.12. The summed E-state index contributed by atoms with van der Waals surface area (Å²) < 4.78 is 5.43. The van der Waals surface area contributed by atoms with Crippen molar-refractivity contribution in [3.63, 3.8) is 0 Å². The number of benzene rings is 1. The van der Waals surface area contributed by atoms with Crippen LogP contribution in [0.2, 0.25) is 0 Å². The molecular formula is C16H22N2O2. The lowest BCUT2D eigenvalue weighted by Crippen LogP contribution is -2.33. The van der Waals surface area contributed by atoms with Crippen molar-refractivity contribution in [2.75, 3.05) is 31.6 Å². The van der Waals surface area contributed by atoms with Crippen LogP contribution in [0.3, 0.4) is 0 Å². The van der Waals surface area contributed by atoms with Crippen molar-refractivity contribution in [1.82, 2.24) is 5.32 Å². The van der Waals surface area contributed by atoms with Crippen molar-refractivity contribution in [2.24, 2.45) is 5.92 Å². The number of anilines is 1. The van der Waals surface area contributed by atoms with E-state index < -0.39 is 0 Å². The lowest BCUT2D eigenvalue weighted by Gasteiger charge is -2.22. The molecule has 3 rings (SSSR count). The molecule has 1 fully saturated rings. The second kappa shape index (κ2) is 6.27. The number of rotatable bonds is 3. The SMILES string of the molecule is O=C(NCC1CCCOC1)c1ccc2c(c1)CCCN2. The zero-order valence-corrected chi connectivity index (χ0v) is 11.8. The summed E-state index contributed by atoms with van der Waals surface area (Å²) in [7, 11) is 0. The largest absolute Gasteiger partial charge is 0.385 e. The minimum atomic E-state index is 0.0314. The molecule has 108 valence electrons. The van der Waals surface area contributed by atoms with Crippen LogP contribution >= 0.6 is 0 Å². The molecule has 2 aliphatic rings. The van der Waals surface area contributed by atoms with Gasteiger partial charge in [-0.15, -0.1) is 0 Å². The van der Waals surface area contributed by atoms with E-state index in [1.165, 1.54) is 11.3 Å². The van der Waals surface area contributed by atoms with E-state index in [0.29, 0.717) is 12.5 Å². The minimum absolute atomic E-state index is 0.0314. The van der Waals surface area contributed by atoms with Gasteiger partial charge in [-0.2, -0.15) is 0 Å². The molecule has 1 unspecified atom stereocenters. The van der Waals surface area contributed by atoms with Crippen LogP contribution in [0.4, 0.5) is 5.69 Å². The average molecular weight is 274 g/mol. The molecule has 4 heteroatoms. The fourth-order valence-corrected chi connectivity index (χ4v) is 2.92. The van der Waals surface area contributed by atoms with Gasteiger partial charge in [0, 0.05) is 30.9 Å². The smallest absolute Gasteiger partial charge is 0.251 e. The zero-order valence-electron chi connectivity index (χ0n) is 11.8. The number of hydrogen-bond donors (Lipinski definition) is 2. The summed E-state index contributed by atoms with van der Waals surface area (Å²) in [5.41, 5.74) is 3.20. The van der Waals surface area contributed by atoms with Gasteiger partial charge in [-0.05, 0) is 55.4 Å². The van der Waals surface area contributed by atoms with E-state index in [-0.39, 0.29) is 5.91 Å². The van der Waals surface area contributed by atoms with Crippen LogP contribution in [0.1, 0.15) is 35.2 Å². The first kappa shape index (κ1) is 13.4. The summed E-state index contributed by atoms with van der Waals surface area (Å²) in [6.45, 7) is 3.38. The topological polar surface area (TPSA) is 50.4 Å². The number of ether oxygens (including phenoxy) is 1. The zero-order chi connectivity index (χ0) is 13.8. The molecule has 1 aromatic carbocycles. The maximum Gasteiger partial charge on any atom is 0.251 e. The van der Waals surface area contributed by atoms with Gasteiger partial charge < -0.3 is 15.4 Å². The molecule has 0 saturated carbocycles. The van der Waals surface area contributed by atoms with Gasteiger partial charge in [0.2, 0.25) is 0 Å². The van der Waals surface area contributed by atoms with Crippen molar-refractivity contribution in [3.05, 3.63) is 29.3 Å². The number of hydrogen-bond acceptors (Lipinski definition) is 3. The molecule has 0 radical (unpaired) electrons. The monoisotopic (exact) mass is 274 g/mol. The molecule has 2 heterocycles. The second-order valence-electron chi connectivity index (χ2n) is 5.70. The number of fused-ring (bicyclic) bond motifs is 1. The summed E-state index contributed by atoms with van der Waals surface area (Å²) in [4.78, 5) is 12.2. The van der Waals surface area contributed by atoms with Crippen molar-refractivity contribution in [2.45, 2.75) is 25.7 Å². The lowest BCUT2D eigenvalue weighted by atomic mass is 10.00. The van der Waals surface area contributed by atoms with Gasteiger partial charge in [-0.25, -0.2) is 0 Å². The highest BCUT2D eigenvalue weighted by Crippen LogP contribution is 2.23. The van der Waals surface area contributed by atoms with Crippen LogP contribution in [0.25, 0.3) is 0 Å². The standard InChI is InChI=1S/C16H22N2O2/c19-16(18-10-12-3-2-8-20-11-12)14-5-6-15-13(9-14)4-1-7-17-15/h5-6,9,12,17H,1-4,7-8,10-11H2,(H,18,19). The number of nitrogens with one attached hydrogen (secondary N) is 2. The first-order chi connectivity index (χ1) is 9.83. The van der Waals surface area contributed by atoms with E-state index in [2.05, 4.69) is 10.6 Å². The van der Waals surface area contributed by atoms with Gasteiger partial charge in [0.1, 0.15) is 0 Å². The lowest BCUT2D eigenvalue weighted by molar-refractivity contribution is 0.0536. The third-order valence-corrected chi connectivity index (χ3v) is 4.11. The fraction of sp³-hybridized carbons (Fsp3) is 0.562. The van der Waals surface area contributed by atoms with E-state index in [9.17, 15) is 4.79 Å². The van der Waals surface area contributed by atoms with Crippen LogP contribution in [0.15, 0.2) is 18.2 Å². The van der Waals surface area contributed by atoms with Crippen molar-refractivity contribution >= 4 is 11.6 Å². The normalized spacial score (nSPS) is 21.7. The van der Waals surface area contributed by atoms with E-state index in [0.717, 1.165) is 51.0 Å². The molecule has 0 spiro atoms. The van der Waals surface area contributed by atoms with E-state index >= 15 is 0 Å². The van der Waals surface area contributed by atoms with Crippen LogP contribution < -0.4 is 10.6 Å². The molecule has 2 aliphatic heterocycles. The first-order valence-electron chi connectivity index (χ1n) is 7.55. The molecule has 1 atom stereocenters. The van der Waals surface area contributed by atoms with Crippen LogP contribution in [0, 0.1) is 5.92 Å². The van der Waals surface area contributed by atoms with Crippen LogP contribution in [-0.2, 0) is 11.2 Å². The molecule has 1 aromatic rings. The number of amides is 1. The molecule has 1 saturated heterocycles. The van der Waals surface area contributed by atoms with Crippen molar-refractivity contribution in [1.29, 1.82) is 0 Å². The highest BCUT2D eigenvalue weighted by molar-refractivity contribution is 5.95. The predicted molar refractivity (Wildman–Crippen MR) is 79.1 cm³/mol. The summed E-state index contributed by atoms with van der Waals surface area (Å²) in [6.07, 6.45) is 4.44. The Morgan fingerprint density at radius 1 is 1.40 bits per heavy atom. The molecule has 2 N–H and O–H groups in total. The van der Waals surface area contributed by atoms with Gasteiger partial charge in [-0.3, -0.25) is 4.79 Å². The summed E-state index contributed by atoms with van der Waals surface area (Å²) >= 11 is 0. The van der Waals surface area contributed by atoms with Crippen molar-refractivity contribution in [3.8, 4) is 0 Å². The van der Waals surface area contributed by atoms with Gasteiger partial charge in [0.05, 0.1) is 6.61 Å². The van der Waals surface area contributed by atoms with Gasteiger partial charge in [0.25, 0.3) is 5.91 Å². The number of carbonyl (C=O) groups is 1. The van der Waals surface area contributed by atoms with Crippen LogP contribution in [-0.4, -0.2) is 32.2 Å². The van der Waals surface area contributed by atoms with Crippen molar-refractivity contribution < 1.29 is 9.53 Å². The van der Waals surface area contributed by atoms with E-state index in [1.807, 2.05) is 18.2 Å². The maximum absolute atomic E-state index is 12.2. The molecule has 4 nitrogen and oxygen atoms in total. The summed E-state index contributed by atoms with van der Waals surface area (Å²) in [6, 6.07) is 5.95. The molecule has 20 heavy (non-hydrogen) atoms. The van der Waals surface area contributed by atoms with Gasteiger partial charge >= 0.3 is 0 Å². The average Bonchev–Trinajstić information content (AvgIpc) is 2.53. The quantitative estimate of drug-likeness (QED) is 0.888. The Morgan fingerprint density at radius 3 is 3.20 bits per heavy atom. The molecule has 0 bridgehead atoms. The Hall–Kier alpha value is -1.55. The van der Waals surface area contributed by atoms with E-state index in [4.69, 9.17) is 4.74 Å². The molecule has 0 aliphatic carbocycles. The van der Waals surface area contributed by atoms with Crippen LogP contribution in [0.5, 0.6) is 0 Å². The number of aryl methyl sites for hydroxylation is 1. The Balaban J connectivity index is 1.59. The highest BCUT2D eigenvalue weighted by atomic mass is 16.5. The Kier molecular flexibility index (Phi) is 4.21. The molecule has 0 aromatic heterocycles. The Labute approximate surface area is 119 Å². The highest BCUT2D eigenvalue weighted by Gasteiger charge is 2.16. The maximum atomic E-state index is 12.2. The molecular weight excluding hydrogens is 252 g/mol. The first-order valence-corrected chi connectivity index (χ1v) is 7.55. The number of carbonyl (C=O) groups excluding carboxylic acids is 1. The molecule has 1 amide bonds. The summed E-state index contributed by atoms with van der Waals surface area (Å²) in [5, 5.41) is 6.40.